The molecule has 6 heteroatoms. The highest BCUT2D eigenvalue weighted by atomic mass is 16.5. The Kier molecular flexibility index (Phi) is 4.23. The first-order valence-corrected chi connectivity index (χ1v) is 10.2. The smallest absolute Gasteiger partial charge is 0.237 e. The normalized spacial score (nSPS) is 29.6. The molecule has 2 heterocycles. The lowest BCUT2D eigenvalue weighted by Gasteiger charge is -2.55. The van der Waals surface area contributed by atoms with Crippen molar-refractivity contribution in [3.8, 4) is 11.5 Å². The number of anilines is 1. The third kappa shape index (κ3) is 2.85. The number of hydrogen-bond donors (Lipinski definition) is 2. The van der Waals surface area contributed by atoms with Crippen LogP contribution in [-0.2, 0) is 9.59 Å². The van der Waals surface area contributed by atoms with E-state index in [9.17, 15) is 9.59 Å². The van der Waals surface area contributed by atoms with E-state index in [1.165, 1.54) is 0 Å². The van der Waals surface area contributed by atoms with Gasteiger partial charge < -0.3 is 20.1 Å². The summed E-state index contributed by atoms with van der Waals surface area (Å²) in [7, 11) is 1.60. The van der Waals surface area contributed by atoms with Gasteiger partial charge in [0.05, 0.1) is 7.11 Å². The van der Waals surface area contributed by atoms with Crippen molar-refractivity contribution in [2.75, 3.05) is 12.4 Å². The van der Waals surface area contributed by atoms with Crippen LogP contribution in [0.25, 0.3) is 0 Å². The molecule has 6 nitrogen and oxygen atoms in total. The standard InChI is InChI=1S/C23H24N2O4/c1-28-15-11-9-14(10-12-15)24-21(26)20-19-16-6-2-3-8-18(16)29-23(25-22(20)27)13-5-4-7-17(19)23/h2-3,6,8-12,17,19-20H,4-5,7,13H2,1H3,(H,24,26)(H,25,27). The SMILES string of the molecule is COc1ccc(NC(=O)C2C(=O)NC34CCCCC3C2c2ccccc2O4)cc1. The van der Waals surface area contributed by atoms with Crippen molar-refractivity contribution in [1.29, 1.82) is 0 Å². The van der Waals surface area contributed by atoms with Gasteiger partial charge in [0.15, 0.2) is 5.72 Å². The molecule has 2 bridgehead atoms. The topological polar surface area (TPSA) is 76.7 Å². The summed E-state index contributed by atoms with van der Waals surface area (Å²) < 4.78 is 11.5. The van der Waals surface area contributed by atoms with Gasteiger partial charge in [0, 0.05) is 23.9 Å². The Morgan fingerprint density at radius 3 is 2.76 bits per heavy atom. The predicted octanol–water partition coefficient (Wildman–Crippen LogP) is 3.44. The highest BCUT2D eigenvalue weighted by Crippen LogP contribution is 2.55. The summed E-state index contributed by atoms with van der Waals surface area (Å²) in [6.45, 7) is 0. The number of carbonyl (C=O) groups excluding carboxylic acids is 2. The van der Waals surface area contributed by atoms with Gasteiger partial charge in [0.1, 0.15) is 17.4 Å². The first-order chi connectivity index (χ1) is 14.1. The quantitative estimate of drug-likeness (QED) is 0.785. The number of fused-ring (bicyclic) bond motifs is 2. The summed E-state index contributed by atoms with van der Waals surface area (Å²) >= 11 is 0. The Hall–Kier alpha value is -3.02. The van der Waals surface area contributed by atoms with Crippen LogP contribution in [0, 0.1) is 11.8 Å². The molecule has 2 N–H and O–H groups in total. The number of hydrogen-bond acceptors (Lipinski definition) is 4. The molecule has 0 spiro atoms. The van der Waals surface area contributed by atoms with Gasteiger partial charge in [-0.3, -0.25) is 9.59 Å². The molecule has 1 saturated heterocycles. The number of ether oxygens (including phenoxy) is 2. The molecule has 2 aliphatic heterocycles. The third-order valence-corrected chi connectivity index (χ3v) is 6.53. The van der Waals surface area contributed by atoms with Crippen LogP contribution in [0.1, 0.15) is 37.2 Å². The zero-order chi connectivity index (χ0) is 20.0. The van der Waals surface area contributed by atoms with Crippen molar-refractivity contribution < 1.29 is 19.1 Å². The average Bonchev–Trinajstić information content (AvgIpc) is 2.73. The number of benzene rings is 2. The molecule has 4 unspecified atom stereocenters. The first-order valence-electron chi connectivity index (χ1n) is 10.2. The second-order valence-electron chi connectivity index (χ2n) is 8.09. The molecule has 150 valence electrons. The molecule has 2 fully saturated rings. The molecule has 1 saturated carbocycles. The van der Waals surface area contributed by atoms with Crippen LogP contribution in [0.2, 0.25) is 0 Å². The van der Waals surface area contributed by atoms with E-state index in [-0.39, 0.29) is 23.7 Å². The van der Waals surface area contributed by atoms with Crippen molar-refractivity contribution >= 4 is 17.5 Å². The van der Waals surface area contributed by atoms with Gasteiger partial charge in [-0.05, 0) is 48.7 Å². The lowest BCUT2D eigenvalue weighted by molar-refractivity contribution is -0.160. The van der Waals surface area contributed by atoms with Gasteiger partial charge in [0.2, 0.25) is 11.8 Å². The molecule has 2 aromatic carbocycles. The van der Waals surface area contributed by atoms with E-state index in [1.54, 1.807) is 31.4 Å². The molecule has 1 aliphatic carbocycles. The highest BCUT2D eigenvalue weighted by molar-refractivity contribution is 6.08. The Morgan fingerprint density at radius 2 is 1.97 bits per heavy atom. The average molecular weight is 392 g/mol. The summed E-state index contributed by atoms with van der Waals surface area (Å²) in [4.78, 5) is 26.4. The number of piperidine rings is 1. The van der Waals surface area contributed by atoms with E-state index in [4.69, 9.17) is 9.47 Å². The molecule has 3 aliphatic rings. The maximum atomic E-state index is 13.3. The number of amides is 2. The zero-order valence-electron chi connectivity index (χ0n) is 16.3. The molecule has 5 rings (SSSR count). The highest BCUT2D eigenvalue weighted by Gasteiger charge is 2.60. The van der Waals surface area contributed by atoms with Crippen molar-refractivity contribution in [2.45, 2.75) is 37.3 Å². The van der Waals surface area contributed by atoms with Crippen molar-refractivity contribution in [1.82, 2.24) is 5.32 Å². The second kappa shape index (κ2) is 6.79. The number of methoxy groups -OCH3 is 1. The predicted molar refractivity (Wildman–Crippen MR) is 108 cm³/mol. The molecule has 2 amide bonds. The zero-order valence-corrected chi connectivity index (χ0v) is 16.3. The van der Waals surface area contributed by atoms with Crippen molar-refractivity contribution in [3.05, 3.63) is 54.1 Å². The van der Waals surface area contributed by atoms with E-state index in [0.717, 1.165) is 37.0 Å². The fourth-order valence-electron chi connectivity index (χ4n) is 5.25. The second-order valence-corrected chi connectivity index (χ2v) is 8.09. The molecule has 29 heavy (non-hydrogen) atoms. The van der Waals surface area contributed by atoms with E-state index in [0.29, 0.717) is 11.4 Å². The minimum absolute atomic E-state index is 0.0930. The van der Waals surface area contributed by atoms with Crippen LogP contribution in [0.3, 0.4) is 0 Å². The van der Waals surface area contributed by atoms with Gasteiger partial charge in [-0.15, -0.1) is 0 Å². The number of para-hydroxylation sites is 1. The summed E-state index contributed by atoms with van der Waals surface area (Å²) in [5, 5.41) is 6.02. The summed E-state index contributed by atoms with van der Waals surface area (Å²) in [5.41, 5.74) is 0.912. The summed E-state index contributed by atoms with van der Waals surface area (Å²) in [5.74, 6) is 0.0601. The number of carbonyl (C=O) groups is 2. The monoisotopic (exact) mass is 392 g/mol. The van der Waals surface area contributed by atoms with E-state index in [2.05, 4.69) is 10.6 Å². The Morgan fingerprint density at radius 1 is 1.17 bits per heavy atom. The Balaban J connectivity index is 1.51. The third-order valence-electron chi connectivity index (χ3n) is 6.53. The fourth-order valence-corrected chi connectivity index (χ4v) is 5.25. The molecule has 2 aromatic rings. The van der Waals surface area contributed by atoms with E-state index >= 15 is 0 Å². The van der Waals surface area contributed by atoms with Crippen LogP contribution in [0.15, 0.2) is 48.5 Å². The van der Waals surface area contributed by atoms with Crippen LogP contribution < -0.4 is 20.1 Å². The number of rotatable bonds is 3. The first kappa shape index (κ1) is 18.0. The van der Waals surface area contributed by atoms with Gasteiger partial charge in [-0.25, -0.2) is 0 Å². The lowest BCUT2D eigenvalue weighted by atomic mass is 9.62. The van der Waals surface area contributed by atoms with Crippen LogP contribution in [-0.4, -0.2) is 24.6 Å². The van der Waals surface area contributed by atoms with Crippen LogP contribution >= 0.6 is 0 Å². The molecule has 0 radical (unpaired) electrons. The minimum atomic E-state index is -0.793. The molecular weight excluding hydrogens is 368 g/mol. The van der Waals surface area contributed by atoms with Crippen molar-refractivity contribution in [2.24, 2.45) is 11.8 Å². The van der Waals surface area contributed by atoms with Gasteiger partial charge >= 0.3 is 0 Å². The maximum absolute atomic E-state index is 13.3. The molecular formula is C23H24N2O4. The van der Waals surface area contributed by atoms with E-state index < -0.39 is 11.6 Å². The molecule has 4 atom stereocenters. The largest absolute Gasteiger partial charge is 0.497 e. The van der Waals surface area contributed by atoms with E-state index in [1.807, 2.05) is 24.3 Å². The molecule has 0 aromatic heterocycles. The Labute approximate surface area is 169 Å². The van der Waals surface area contributed by atoms with Gasteiger partial charge in [-0.1, -0.05) is 24.6 Å². The van der Waals surface area contributed by atoms with Crippen LogP contribution in [0.5, 0.6) is 11.5 Å². The minimum Gasteiger partial charge on any atom is -0.497 e. The summed E-state index contributed by atoms with van der Waals surface area (Å²) in [6.07, 6.45) is 3.80. The van der Waals surface area contributed by atoms with Gasteiger partial charge in [0.25, 0.3) is 0 Å². The maximum Gasteiger partial charge on any atom is 0.237 e. The number of nitrogens with one attached hydrogen (secondary N) is 2. The fraction of sp³-hybridized carbons (Fsp3) is 0.391. The van der Waals surface area contributed by atoms with Gasteiger partial charge in [-0.2, -0.15) is 0 Å². The van der Waals surface area contributed by atoms with Crippen LogP contribution in [0.4, 0.5) is 5.69 Å². The van der Waals surface area contributed by atoms with Crippen molar-refractivity contribution in [3.63, 3.8) is 0 Å². The lowest BCUT2D eigenvalue weighted by Crippen LogP contribution is -2.69. The Bertz CT molecular complexity index is 958. The summed E-state index contributed by atoms with van der Waals surface area (Å²) in [6, 6.07) is 14.9.